The van der Waals surface area contributed by atoms with Crippen LogP contribution in [0, 0.1) is 0 Å². The van der Waals surface area contributed by atoms with E-state index in [1.807, 2.05) is 55.5 Å². The first-order chi connectivity index (χ1) is 11.7. The van der Waals surface area contributed by atoms with Gasteiger partial charge in [-0.3, -0.25) is 9.59 Å². The second kappa shape index (κ2) is 9.50. The van der Waals surface area contributed by atoms with E-state index in [1.54, 1.807) is 6.07 Å². The lowest BCUT2D eigenvalue weighted by Crippen LogP contribution is -2.13. The van der Waals surface area contributed by atoms with E-state index in [-0.39, 0.29) is 18.8 Å². The van der Waals surface area contributed by atoms with Gasteiger partial charge in [-0.05, 0) is 18.1 Å². The van der Waals surface area contributed by atoms with Gasteiger partial charge < -0.3 is 9.47 Å². The predicted octanol–water partition coefficient (Wildman–Crippen LogP) is 4.38. The third-order valence-corrected chi connectivity index (χ3v) is 3.49. The van der Waals surface area contributed by atoms with Crippen LogP contribution in [-0.2, 0) is 14.3 Å². The van der Waals surface area contributed by atoms with Crippen molar-refractivity contribution in [1.29, 1.82) is 0 Å². The summed E-state index contributed by atoms with van der Waals surface area (Å²) in [5, 5.41) is 0. The first-order valence-electron chi connectivity index (χ1n) is 8.21. The molecule has 2 aromatic rings. The molecule has 4 heteroatoms. The normalized spacial score (nSPS) is 10.2. The average molecular weight is 326 g/mol. The maximum atomic E-state index is 12.0. The molecule has 0 heterocycles. The molecule has 0 aromatic heterocycles. The minimum Gasteiger partial charge on any atom is -0.466 e. The summed E-state index contributed by atoms with van der Waals surface area (Å²) in [7, 11) is 0. The number of hydrogen-bond donors (Lipinski definition) is 0. The van der Waals surface area contributed by atoms with Gasteiger partial charge in [-0.15, -0.1) is 0 Å². The minimum atomic E-state index is -0.439. The monoisotopic (exact) mass is 326 g/mol. The molecule has 0 aliphatic heterocycles. The highest BCUT2D eigenvalue weighted by atomic mass is 16.5. The zero-order valence-electron chi connectivity index (χ0n) is 13.9. The molecule has 0 saturated carbocycles. The van der Waals surface area contributed by atoms with Crippen molar-refractivity contribution < 1.29 is 19.1 Å². The average Bonchev–Trinajstić information content (AvgIpc) is 2.61. The number of hydrogen-bond acceptors (Lipinski definition) is 4. The molecule has 4 nitrogen and oxygen atoms in total. The fourth-order valence-corrected chi connectivity index (χ4v) is 2.19. The second-order valence-corrected chi connectivity index (χ2v) is 5.41. The Labute approximate surface area is 142 Å². The summed E-state index contributed by atoms with van der Waals surface area (Å²) in [5.74, 6) is -0.310. The van der Waals surface area contributed by atoms with E-state index in [4.69, 9.17) is 9.47 Å². The van der Waals surface area contributed by atoms with Crippen LogP contribution in [0.5, 0.6) is 5.75 Å². The molecule has 0 spiro atoms. The van der Waals surface area contributed by atoms with E-state index in [0.29, 0.717) is 12.4 Å². The van der Waals surface area contributed by atoms with Crippen molar-refractivity contribution in [2.75, 3.05) is 6.61 Å². The van der Waals surface area contributed by atoms with Crippen molar-refractivity contribution >= 4 is 11.9 Å². The van der Waals surface area contributed by atoms with Crippen molar-refractivity contribution in [1.82, 2.24) is 0 Å². The van der Waals surface area contributed by atoms with Crippen LogP contribution in [0.4, 0.5) is 0 Å². The van der Waals surface area contributed by atoms with Crippen LogP contribution in [0.1, 0.15) is 32.6 Å². The van der Waals surface area contributed by atoms with Crippen LogP contribution in [0.25, 0.3) is 11.1 Å². The summed E-state index contributed by atoms with van der Waals surface area (Å²) >= 11 is 0. The Morgan fingerprint density at radius 3 is 2.29 bits per heavy atom. The smallest absolute Gasteiger partial charge is 0.311 e. The zero-order valence-corrected chi connectivity index (χ0v) is 13.9. The van der Waals surface area contributed by atoms with Crippen molar-refractivity contribution in [3.8, 4) is 16.9 Å². The molecular formula is C20H22O4. The number of unbranched alkanes of at least 4 members (excludes halogenated alkanes) is 1. The third-order valence-electron chi connectivity index (χ3n) is 3.49. The number of para-hydroxylation sites is 1. The topological polar surface area (TPSA) is 52.6 Å². The Morgan fingerprint density at radius 1 is 0.875 bits per heavy atom. The highest BCUT2D eigenvalue weighted by Gasteiger charge is 2.13. The lowest BCUT2D eigenvalue weighted by atomic mass is 10.1. The molecule has 0 bridgehead atoms. The van der Waals surface area contributed by atoms with E-state index >= 15 is 0 Å². The van der Waals surface area contributed by atoms with Gasteiger partial charge in [0.25, 0.3) is 0 Å². The number of ether oxygens (including phenoxy) is 2. The standard InChI is InChI=1S/C20H22O4/c1-2-3-15-23-19(21)13-14-20(22)24-18-12-8-7-11-17(18)16-9-5-4-6-10-16/h4-12H,2-3,13-15H2,1H3. The van der Waals surface area contributed by atoms with Gasteiger partial charge in [-0.2, -0.15) is 0 Å². The van der Waals surface area contributed by atoms with Gasteiger partial charge in [0.1, 0.15) is 5.75 Å². The quantitative estimate of drug-likeness (QED) is 0.410. The molecule has 0 fully saturated rings. The molecule has 0 saturated heterocycles. The van der Waals surface area contributed by atoms with Crippen molar-refractivity contribution in [2.45, 2.75) is 32.6 Å². The van der Waals surface area contributed by atoms with E-state index < -0.39 is 5.97 Å². The molecule has 0 N–H and O–H groups in total. The second-order valence-electron chi connectivity index (χ2n) is 5.41. The Kier molecular flexibility index (Phi) is 7.02. The molecular weight excluding hydrogens is 304 g/mol. The van der Waals surface area contributed by atoms with E-state index in [1.165, 1.54) is 0 Å². The van der Waals surface area contributed by atoms with E-state index in [2.05, 4.69) is 0 Å². The highest BCUT2D eigenvalue weighted by Crippen LogP contribution is 2.29. The van der Waals surface area contributed by atoms with Crippen molar-refractivity contribution in [2.24, 2.45) is 0 Å². The Bertz CT molecular complexity index is 664. The molecule has 0 aliphatic rings. The first kappa shape index (κ1) is 17.7. The number of esters is 2. The van der Waals surface area contributed by atoms with Gasteiger partial charge in [-0.25, -0.2) is 0 Å². The molecule has 0 amide bonds. The van der Waals surface area contributed by atoms with Crippen LogP contribution in [0.3, 0.4) is 0 Å². The molecule has 2 aromatic carbocycles. The highest BCUT2D eigenvalue weighted by molar-refractivity contribution is 5.81. The number of rotatable bonds is 8. The van der Waals surface area contributed by atoms with Gasteiger partial charge >= 0.3 is 11.9 Å². The van der Waals surface area contributed by atoms with E-state index in [9.17, 15) is 9.59 Å². The summed E-state index contributed by atoms with van der Waals surface area (Å²) in [6.07, 6.45) is 1.84. The molecule has 0 radical (unpaired) electrons. The summed E-state index contributed by atoms with van der Waals surface area (Å²) in [6.45, 7) is 2.43. The van der Waals surface area contributed by atoms with Crippen LogP contribution in [-0.4, -0.2) is 18.5 Å². The van der Waals surface area contributed by atoms with Crippen LogP contribution in [0.15, 0.2) is 54.6 Å². The molecule has 0 aliphatic carbocycles. The number of benzene rings is 2. The zero-order chi connectivity index (χ0) is 17.2. The maximum Gasteiger partial charge on any atom is 0.311 e. The van der Waals surface area contributed by atoms with Crippen molar-refractivity contribution in [3.63, 3.8) is 0 Å². The van der Waals surface area contributed by atoms with Crippen molar-refractivity contribution in [3.05, 3.63) is 54.6 Å². The third kappa shape index (κ3) is 5.54. The largest absolute Gasteiger partial charge is 0.466 e. The van der Waals surface area contributed by atoms with Crippen LogP contribution < -0.4 is 4.74 Å². The first-order valence-corrected chi connectivity index (χ1v) is 8.21. The molecule has 0 unspecified atom stereocenters. The lowest BCUT2D eigenvalue weighted by molar-refractivity contribution is -0.147. The minimum absolute atomic E-state index is 0.00802. The molecule has 0 atom stereocenters. The SMILES string of the molecule is CCCCOC(=O)CCC(=O)Oc1ccccc1-c1ccccc1. The van der Waals surface area contributed by atoms with E-state index in [0.717, 1.165) is 24.0 Å². The fourth-order valence-electron chi connectivity index (χ4n) is 2.19. The summed E-state index contributed by atoms with van der Waals surface area (Å²) in [5.41, 5.74) is 1.82. The predicted molar refractivity (Wildman–Crippen MR) is 92.6 cm³/mol. The lowest BCUT2D eigenvalue weighted by Gasteiger charge is -2.10. The van der Waals surface area contributed by atoms with Gasteiger partial charge in [0.05, 0.1) is 19.4 Å². The maximum absolute atomic E-state index is 12.0. The fraction of sp³-hybridized carbons (Fsp3) is 0.300. The Morgan fingerprint density at radius 2 is 1.54 bits per heavy atom. The molecule has 2 rings (SSSR count). The van der Waals surface area contributed by atoms with Crippen LogP contribution in [0.2, 0.25) is 0 Å². The summed E-state index contributed by atoms with van der Waals surface area (Å²) in [4.78, 5) is 23.5. The number of carbonyl (C=O) groups excluding carboxylic acids is 2. The van der Waals surface area contributed by atoms with Gasteiger partial charge in [0.15, 0.2) is 0 Å². The Balaban J connectivity index is 1.92. The Hall–Kier alpha value is -2.62. The summed E-state index contributed by atoms with van der Waals surface area (Å²) < 4.78 is 10.5. The summed E-state index contributed by atoms with van der Waals surface area (Å²) in [6, 6.07) is 17.1. The number of carbonyl (C=O) groups is 2. The van der Waals surface area contributed by atoms with Gasteiger partial charge in [-0.1, -0.05) is 61.9 Å². The van der Waals surface area contributed by atoms with Gasteiger partial charge in [0, 0.05) is 5.56 Å². The van der Waals surface area contributed by atoms with Gasteiger partial charge in [0.2, 0.25) is 0 Å². The van der Waals surface area contributed by atoms with Crippen LogP contribution >= 0.6 is 0 Å². The molecule has 126 valence electrons. The molecule has 24 heavy (non-hydrogen) atoms.